The van der Waals surface area contributed by atoms with Crippen molar-refractivity contribution < 1.29 is 19.6 Å². The van der Waals surface area contributed by atoms with E-state index < -0.39 is 11.0 Å². The molecule has 0 aromatic carbocycles. The van der Waals surface area contributed by atoms with Gasteiger partial charge in [-0.05, 0) is 0 Å². The van der Waals surface area contributed by atoms with Crippen molar-refractivity contribution in [2.45, 2.75) is 6.10 Å². The number of carboxylic acid groups (broad SMARTS) is 1. The summed E-state index contributed by atoms with van der Waals surface area (Å²) >= 11 is 0. The minimum atomic E-state index is -1.03. The van der Waals surface area contributed by atoms with Crippen molar-refractivity contribution in [3.05, 3.63) is 16.3 Å². The van der Waals surface area contributed by atoms with Crippen molar-refractivity contribution in [3.63, 3.8) is 0 Å². The van der Waals surface area contributed by atoms with Gasteiger partial charge in [0.2, 0.25) is 5.82 Å². The predicted octanol–water partition coefficient (Wildman–Crippen LogP) is 0.143. The second-order valence-corrected chi connectivity index (χ2v) is 4.77. The molecule has 1 fully saturated rings. The Balaban J connectivity index is 2.29. The molecule has 2 heterocycles. The normalized spacial score (nSPS) is 19.4. The molecule has 1 aromatic heterocycles. The van der Waals surface area contributed by atoms with Gasteiger partial charge in [0.25, 0.3) is 0 Å². The van der Waals surface area contributed by atoms with Crippen LogP contribution < -0.4 is 4.90 Å². The summed E-state index contributed by atoms with van der Waals surface area (Å²) < 4.78 is 6.69. The van der Waals surface area contributed by atoms with E-state index in [0.29, 0.717) is 18.9 Å². The number of hydrogen-bond acceptors (Lipinski definition) is 6. The lowest BCUT2D eigenvalue weighted by atomic mass is 10.3. The smallest absolute Gasteiger partial charge is 0.407 e. The van der Waals surface area contributed by atoms with Crippen LogP contribution in [0.3, 0.4) is 0 Å². The first kappa shape index (κ1) is 15.0. The van der Waals surface area contributed by atoms with Crippen molar-refractivity contribution in [3.8, 4) is 0 Å². The Labute approximate surface area is 120 Å². The van der Waals surface area contributed by atoms with Gasteiger partial charge in [-0.1, -0.05) is 0 Å². The molecule has 2 rings (SSSR count). The summed E-state index contributed by atoms with van der Waals surface area (Å²) in [5.41, 5.74) is -0.101. The lowest BCUT2D eigenvalue weighted by Gasteiger charge is -2.24. The quantitative estimate of drug-likeness (QED) is 0.623. The first-order valence-electron chi connectivity index (χ1n) is 6.36. The van der Waals surface area contributed by atoms with Gasteiger partial charge in [0.05, 0.1) is 17.6 Å². The maximum atomic E-state index is 11.1. The minimum Gasteiger partial charge on any atom is -0.465 e. The van der Waals surface area contributed by atoms with Gasteiger partial charge in [-0.25, -0.2) is 9.48 Å². The first-order chi connectivity index (χ1) is 9.93. The van der Waals surface area contributed by atoms with Crippen LogP contribution in [0, 0.1) is 10.1 Å². The third-order valence-electron chi connectivity index (χ3n) is 3.48. The first-order valence-corrected chi connectivity index (χ1v) is 6.36. The van der Waals surface area contributed by atoms with E-state index in [4.69, 9.17) is 9.84 Å². The average molecular weight is 299 g/mol. The Morgan fingerprint density at radius 3 is 2.81 bits per heavy atom. The highest BCUT2D eigenvalue weighted by atomic mass is 16.6. The molecule has 10 nitrogen and oxygen atoms in total. The molecule has 0 bridgehead atoms. The number of methoxy groups -OCH3 is 1. The number of hydrogen-bond donors (Lipinski definition) is 1. The Hall–Kier alpha value is -2.36. The number of aryl methyl sites for hydroxylation is 1. The van der Waals surface area contributed by atoms with Crippen LogP contribution in [0.4, 0.5) is 16.3 Å². The lowest BCUT2D eigenvalue weighted by Crippen LogP contribution is -2.37. The highest BCUT2D eigenvalue weighted by Gasteiger charge is 2.31. The van der Waals surface area contributed by atoms with Gasteiger partial charge in [-0.15, -0.1) is 0 Å². The number of nitro groups is 1. The number of carbonyl (C=O) groups is 1. The molecule has 1 atom stereocenters. The van der Waals surface area contributed by atoms with E-state index >= 15 is 0 Å². The zero-order valence-electron chi connectivity index (χ0n) is 11.8. The predicted molar refractivity (Wildman–Crippen MR) is 72.5 cm³/mol. The van der Waals surface area contributed by atoms with Crippen molar-refractivity contribution in [1.29, 1.82) is 0 Å². The number of anilines is 1. The third-order valence-corrected chi connectivity index (χ3v) is 3.48. The Bertz CT molecular complexity index is 545. The molecule has 116 valence electrons. The van der Waals surface area contributed by atoms with Gasteiger partial charge in [0, 0.05) is 33.8 Å². The van der Waals surface area contributed by atoms with E-state index in [1.807, 2.05) is 0 Å². The average Bonchev–Trinajstić information content (AvgIpc) is 2.69. The van der Waals surface area contributed by atoms with Crippen LogP contribution in [-0.4, -0.2) is 70.2 Å². The topological polar surface area (TPSA) is 114 Å². The fourth-order valence-electron chi connectivity index (χ4n) is 2.40. The van der Waals surface area contributed by atoms with E-state index in [1.54, 1.807) is 11.9 Å². The van der Waals surface area contributed by atoms with E-state index in [0.717, 1.165) is 0 Å². The summed E-state index contributed by atoms with van der Waals surface area (Å²) in [6.07, 6.45) is -0.201. The molecule has 1 aromatic rings. The Kier molecular flexibility index (Phi) is 4.26. The number of amides is 1. The van der Waals surface area contributed by atoms with Crippen molar-refractivity contribution in [2.75, 3.05) is 38.2 Å². The van der Waals surface area contributed by atoms with Gasteiger partial charge in [0.15, 0.2) is 0 Å². The SMILES string of the molecule is COC1CN(C(=O)O)CCN(c2c([N+](=O)[O-])cnn2C)C1. The molecule has 0 saturated carbocycles. The maximum Gasteiger partial charge on any atom is 0.407 e. The summed E-state index contributed by atoms with van der Waals surface area (Å²) in [7, 11) is 3.11. The molecule has 1 aliphatic rings. The standard InChI is InChI=1S/C11H17N5O5/c1-13-10(9(5-12-13)16(19)20)14-3-4-15(11(17)18)7-8(6-14)21-2/h5,8H,3-4,6-7H2,1-2H3,(H,17,18). The zero-order chi connectivity index (χ0) is 15.6. The fourth-order valence-corrected chi connectivity index (χ4v) is 2.40. The van der Waals surface area contributed by atoms with Crippen molar-refractivity contribution in [2.24, 2.45) is 7.05 Å². The second kappa shape index (κ2) is 5.95. The van der Waals surface area contributed by atoms with E-state index in [-0.39, 0.29) is 24.9 Å². The van der Waals surface area contributed by atoms with Crippen LogP contribution in [0.2, 0.25) is 0 Å². The zero-order valence-corrected chi connectivity index (χ0v) is 11.8. The summed E-state index contributed by atoms with van der Waals surface area (Å²) in [5, 5.41) is 24.1. The van der Waals surface area contributed by atoms with Gasteiger partial charge in [-0.2, -0.15) is 5.10 Å². The molecule has 0 spiro atoms. The monoisotopic (exact) mass is 299 g/mol. The molecule has 1 unspecified atom stereocenters. The summed E-state index contributed by atoms with van der Waals surface area (Å²) in [6.45, 7) is 1.18. The van der Waals surface area contributed by atoms with Crippen LogP contribution in [0.1, 0.15) is 0 Å². The molecular weight excluding hydrogens is 282 g/mol. The largest absolute Gasteiger partial charge is 0.465 e. The second-order valence-electron chi connectivity index (χ2n) is 4.77. The molecule has 21 heavy (non-hydrogen) atoms. The van der Waals surface area contributed by atoms with Crippen LogP contribution in [0.15, 0.2) is 6.20 Å². The third kappa shape index (κ3) is 3.05. The minimum absolute atomic E-state index is 0.101. The number of rotatable bonds is 3. The molecule has 10 heteroatoms. The molecule has 0 aliphatic carbocycles. The highest BCUT2D eigenvalue weighted by Crippen LogP contribution is 2.28. The van der Waals surface area contributed by atoms with Gasteiger partial charge in [0.1, 0.15) is 6.20 Å². The summed E-state index contributed by atoms with van der Waals surface area (Å²) in [4.78, 5) is 24.7. The van der Waals surface area contributed by atoms with Crippen LogP contribution in [0.25, 0.3) is 0 Å². The van der Waals surface area contributed by atoms with Gasteiger partial charge < -0.3 is 19.6 Å². The molecule has 1 aliphatic heterocycles. The van der Waals surface area contributed by atoms with Crippen molar-refractivity contribution >= 4 is 17.6 Å². The molecular formula is C11H17N5O5. The summed E-state index contributed by atoms with van der Waals surface area (Å²) in [5.74, 6) is 0.356. The molecule has 0 radical (unpaired) electrons. The molecule has 1 amide bonds. The Morgan fingerprint density at radius 2 is 2.24 bits per heavy atom. The maximum absolute atomic E-state index is 11.1. The van der Waals surface area contributed by atoms with E-state index in [9.17, 15) is 14.9 Å². The van der Waals surface area contributed by atoms with E-state index in [1.165, 1.54) is 22.9 Å². The van der Waals surface area contributed by atoms with Gasteiger partial charge in [-0.3, -0.25) is 10.1 Å². The highest BCUT2D eigenvalue weighted by molar-refractivity contribution is 5.65. The summed E-state index contributed by atoms with van der Waals surface area (Å²) in [6, 6.07) is 0. The lowest BCUT2D eigenvalue weighted by molar-refractivity contribution is -0.384. The fraction of sp³-hybridized carbons (Fsp3) is 0.636. The van der Waals surface area contributed by atoms with Crippen LogP contribution in [0.5, 0.6) is 0 Å². The number of nitrogens with zero attached hydrogens (tertiary/aromatic N) is 5. The number of ether oxygens (including phenoxy) is 1. The van der Waals surface area contributed by atoms with Crippen LogP contribution >= 0.6 is 0 Å². The van der Waals surface area contributed by atoms with Gasteiger partial charge >= 0.3 is 11.8 Å². The number of aromatic nitrogens is 2. The molecule has 1 saturated heterocycles. The van der Waals surface area contributed by atoms with Crippen molar-refractivity contribution in [1.82, 2.24) is 14.7 Å². The Morgan fingerprint density at radius 1 is 1.52 bits per heavy atom. The molecule has 1 N–H and O–H groups in total. The van der Waals surface area contributed by atoms with E-state index in [2.05, 4.69) is 5.10 Å². The van der Waals surface area contributed by atoms with Crippen LogP contribution in [-0.2, 0) is 11.8 Å².